The molecule has 1 N–H and O–H groups in total. The fourth-order valence-electron chi connectivity index (χ4n) is 1.46. The number of rotatable bonds is 4. The van der Waals surface area contributed by atoms with Gasteiger partial charge in [0.1, 0.15) is 12.4 Å². The molecule has 8 nitrogen and oxygen atoms in total. The van der Waals surface area contributed by atoms with E-state index in [-0.39, 0.29) is 11.6 Å². The molecule has 0 saturated heterocycles. The van der Waals surface area contributed by atoms with Crippen LogP contribution in [0.3, 0.4) is 0 Å². The number of nitrogens with zero attached hydrogens (tertiary/aromatic N) is 3. The number of hydrogen-bond acceptors (Lipinski definition) is 7. The topological polar surface area (TPSA) is 107 Å². The molecule has 0 radical (unpaired) electrons. The normalized spacial score (nSPS) is 10.0. The van der Waals surface area contributed by atoms with Crippen LogP contribution in [0.2, 0.25) is 0 Å². The van der Waals surface area contributed by atoms with E-state index in [1.54, 1.807) is 18.2 Å². The van der Waals surface area contributed by atoms with E-state index in [1.807, 2.05) is 0 Å². The highest BCUT2D eigenvalue weighted by molar-refractivity contribution is 9.10. The molecule has 2 aromatic rings. The number of nitrogens with one attached hydrogen (secondary N) is 1. The third kappa shape index (κ3) is 3.72. The van der Waals surface area contributed by atoms with Gasteiger partial charge in [-0.25, -0.2) is 9.97 Å². The first-order valence-electron chi connectivity index (χ1n) is 5.68. The van der Waals surface area contributed by atoms with Gasteiger partial charge in [0.05, 0.1) is 10.6 Å². The summed E-state index contributed by atoms with van der Waals surface area (Å²) >= 11 is 3.31. The van der Waals surface area contributed by atoms with Gasteiger partial charge in [0.15, 0.2) is 5.75 Å². The molecule has 1 aromatic carbocycles. The van der Waals surface area contributed by atoms with E-state index in [0.29, 0.717) is 15.9 Å². The van der Waals surface area contributed by atoms with Crippen molar-refractivity contribution in [2.45, 2.75) is 6.92 Å². The number of carbonyl (C=O) groups excluding carboxylic acids is 1. The zero-order chi connectivity index (χ0) is 15.4. The maximum atomic E-state index is 11.1. The van der Waals surface area contributed by atoms with Crippen molar-refractivity contribution >= 4 is 39.2 Å². The number of nitro groups is 1. The lowest BCUT2D eigenvalue weighted by Crippen LogP contribution is -2.05. The standard InChI is InChI=1S/C12H9BrN4O4/c1-7(18)21-10-4-2-3-9(13)11(10)16-12-14-5-8(6-15-12)17(19)20/h2-6H,1H3,(H,14,15,16). The Morgan fingerprint density at radius 3 is 2.62 bits per heavy atom. The summed E-state index contributed by atoms with van der Waals surface area (Å²) in [7, 11) is 0. The summed E-state index contributed by atoms with van der Waals surface area (Å²) in [6.07, 6.45) is 2.16. The number of anilines is 2. The lowest BCUT2D eigenvalue weighted by atomic mass is 10.3. The minimum atomic E-state index is -0.591. The van der Waals surface area contributed by atoms with Gasteiger partial charge in [0, 0.05) is 11.4 Å². The summed E-state index contributed by atoms with van der Waals surface area (Å²) < 4.78 is 5.69. The fraction of sp³-hybridized carbons (Fsp3) is 0.0833. The number of para-hydroxylation sites is 1. The fourth-order valence-corrected chi connectivity index (χ4v) is 1.90. The molecule has 0 bridgehead atoms. The SMILES string of the molecule is CC(=O)Oc1cccc(Br)c1Nc1ncc([N+](=O)[O-])cn1. The number of carbonyl (C=O) groups is 1. The smallest absolute Gasteiger partial charge is 0.308 e. The molecule has 0 aliphatic carbocycles. The Labute approximate surface area is 127 Å². The Morgan fingerprint density at radius 1 is 1.38 bits per heavy atom. The number of halogens is 1. The molecule has 0 saturated carbocycles. The first-order chi connectivity index (χ1) is 9.97. The second-order valence-electron chi connectivity index (χ2n) is 3.85. The van der Waals surface area contributed by atoms with E-state index in [2.05, 4.69) is 31.2 Å². The van der Waals surface area contributed by atoms with Crippen LogP contribution in [0.1, 0.15) is 6.92 Å². The molecule has 21 heavy (non-hydrogen) atoms. The van der Waals surface area contributed by atoms with E-state index in [0.717, 1.165) is 12.4 Å². The van der Waals surface area contributed by atoms with Gasteiger partial charge >= 0.3 is 11.7 Å². The summed E-state index contributed by atoms with van der Waals surface area (Å²) in [6.45, 7) is 1.28. The maximum absolute atomic E-state index is 11.1. The van der Waals surface area contributed by atoms with Gasteiger partial charge in [0.2, 0.25) is 5.95 Å². The van der Waals surface area contributed by atoms with Crippen molar-refractivity contribution in [3.05, 3.63) is 45.2 Å². The summed E-state index contributed by atoms with van der Waals surface area (Å²) in [4.78, 5) is 28.7. The van der Waals surface area contributed by atoms with Gasteiger partial charge in [-0.15, -0.1) is 0 Å². The molecule has 1 heterocycles. The zero-order valence-corrected chi connectivity index (χ0v) is 12.3. The highest BCUT2D eigenvalue weighted by atomic mass is 79.9. The van der Waals surface area contributed by atoms with Crippen molar-refractivity contribution in [1.82, 2.24) is 9.97 Å². The quantitative estimate of drug-likeness (QED) is 0.390. The lowest BCUT2D eigenvalue weighted by Gasteiger charge is -2.11. The minimum absolute atomic E-state index is 0.140. The van der Waals surface area contributed by atoms with Crippen LogP contribution >= 0.6 is 15.9 Å². The average molecular weight is 353 g/mol. The molecule has 0 amide bonds. The van der Waals surface area contributed by atoms with Crippen LogP contribution in [0.25, 0.3) is 0 Å². The van der Waals surface area contributed by atoms with Crippen LogP contribution in [0.4, 0.5) is 17.3 Å². The monoisotopic (exact) mass is 352 g/mol. The second kappa shape index (κ2) is 6.27. The second-order valence-corrected chi connectivity index (χ2v) is 4.71. The molecule has 0 aliphatic heterocycles. The van der Waals surface area contributed by atoms with E-state index in [1.165, 1.54) is 6.92 Å². The Balaban J connectivity index is 2.30. The molecule has 1 aromatic heterocycles. The van der Waals surface area contributed by atoms with E-state index >= 15 is 0 Å². The number of hydrogen-bond donors (Lipinski definition) is 1. The third-order valence-electron chi connectivity index (χ3n) is 2.31. The van der Waals surface area contributed by atoms with E-state index < -0.39 is 10.9 Å². The Morgan fingerprint density at radius 2 is 2.05 bits per heavy atom. The van der Waals surface area contributed by atoms with Crippen LogP contribution < -0.4 is 10.1 Å². The van der Waals surface area contributed by atoms with Crippen LogP contribution in [0, 0.1) is 10.1 Å². The summed E-state index contributed by atoms with van der Waals surface area (Å²) in [5.74, 6) is -0.0412. The Bertz CT molecular complexity index is 690. The number of esters is 1. The van der Waals surface area contributed by atoms with Gasteiger partial charge in [-0.2, -0.15) is 0 Å². The Kier molecular flexibility index (Phi) is 4.43. The van der Waals surface area contributed by atoms with Crippen molar-refractivity contribution in [3.8, 4) is 5.75 Å². The highest BCUT2D eigenvalue weighted by Gasteiger charge is 2.12. The van der Waals surface area contributed by atoms with Gasteiger partial charge in [-0.3, -0.25) is 14.9 Å². The molecule has 9 heteroatoms. The van der Waals surface area contributed by atoms with Crippen LogP contribution in [0.5, 0.6) is 5.75 Å². The van der Waals surface area contributed by atoms with Gasteiger partial charge in [-0.05, 0) is 28.1 Å². The number of ether oxygens (including phenoxy) is 1. The van der Waals surface area contributed by atoms with Crippen molar-refractivity contribution in [2.24, 2.45) is 0 Å². The molecule has 108 valence electrons. The summed E-state index contributed by atoms with van der Waals surface area (Å²) in [5, 5.41) is 13.4. The average Bonchev–Trinajstić information content (AvgIpc) is 2.42. The van der Waals surface area contributed by atoms with Crippen LogP contribution in [0.15, 0.2) is 35.1 Å². The molecular formula is C12H9BrN4O4. The van der Waals surface area contributed by atoms with Crippen LogP contribution in [-0.4, -0.2) is 20.9 Å². The van der Waals surface area contributed by atoms with Gasteiger partial charge in [0.25, 0.3) is 0 Å². The zero-order valence-electron chi connectivity index (χ0n) is 10.7. The predicted molar refractivity (Wildman–Crippen MR) is 77.4 cm³/mol. The molecule has 0 fully saturated rings. The summed E-state index contributed by atoms with van der Waals surface area (Å²) in [5.41, 5.74) is 0.231. The minimum Gasteiger partial charge on any atom is -0.424 e. The summed E-state index contributed by atoms with van der Waals surface area (Å²) in [6, 6.07) is 5.03. The van der Waals surface area contributed by atoms with Crippen molar-refractivity contribution < 1.29 is 14.5 Å². The van der Waals surface area contributed by atoms with Crippen molar-refractivity contribution in [2.75, 3.05) is 5.32 Å². The Hall–Kier alpha value is -2.55. The van der Waals surface area contributed by atoms with Crippen molar-refractivity contribution in [3.63, 3.8) is 0 Å². The molecule has 0 spiro atoms. The number of benzene rings is 1. The lowest BCUT2D eigenvalue weighted by molar-refractivity contribution is -0.385. The highest BCUT2D eigenvalue weighted by Crippen LogP contribution is 2.34. The molecular weight excluding hydrogens is 344 g/mol. The first-order valence-corrected chi connectivity index (χ1v) is 6.47. The van der Waals surface area contributed by atoms with Crippen molar-refractivity contribution in [1.29, 1.82) is 0 Å². The molecule has 0 atom stereocenters. The first kappa shape index (κ1) is 14.9. The molecule has 2 rings (SSSR count). The molecule has 0 aliphatic rings. The van der Waals surface area contributed by atoms with E-state index in [4.69, 9.17) is 4.74 Å². The number of aromatic nitrogens is 2. The molecule has 0 unspecified atom stereocenters. The predicted octanol–water partition coefficient (Wildman–Crippen LogP) is 2.82. The largest absolute Gasteiger partial charge is 0.424 e. The van der Waals surface area contributed by atoms with Crippen LogP contribution in [-0.2, 0) is 4.79 Å². The van der Waals surface area contributed by atoms with Gasteiger partial charge in [-0.1, -0.05) is 6.07 Å². The van der Waals surface area contributed by atoms with E-state index in [9.17, 15) is 14.9 Å². The van der Waals surface area contributed by atoms with Gasteiger partial charge < -0.3 is 10.1 Å². The maximum Gasteiger partial charge on any atom is 0.308 e. The third-order valence-corrected chi connectivity index (χ3v) is 2.98.